The third kappa shape index (κ3) is 3.47. The second-order valence-corrected chi connectivity index (χ2v) is 7.53. The Bertz CT molecular complexity index is 1110. The quantitative estimate of drug-likeness (QED) is 0.361. The number of carbonyl (C=O) groups excluding carboxylic acids is 3. The summed E-state index contributed by atoms with van der Waals surface area (Å²) >= 11 is 0. The first kappa shape index (κ1) is 19.5. The molecule has 1 N–H and O–H groups in total. The number of anilines is 2. The van der Waals surface area contributed by atoms with Crippen molar-refractivity contribution in [2.45, 2.75) is 19.8 Å². The lowest BCUT2D eigenvalue weighted by Gasteiger charge is -2.18. The van der Waals surface area contributed by atoms with E-state index in [1.54, 1.807) is 24.3 Å². The summed E-state index contributed by atoms with van der Waals surface area (Å²) in [5, 5.41) is 13.5. The molecule has 152 valence electrons. The molecule has 3 amide bonds. The minimum Gasteiger partial charge on any atom is -0.322 e. The van der Waals surface area contributed by atoms with Gasteiger partial charge in [0.25, 0.3) is 11.6 Å². The standard InChI is InChI=1S/C22H19N3O5/c1-13-8-9-18-19(10-13)22(28)24(21(18)27)16-6-2-4-14(11-16)20(26)23-15-5-3-7-17(12-15)25(29)30/h2-8,11-12,18-19H,9-10H2,1H3,(H,23,26)/t18-,19+/m1/s1. The number of benzene rings is 2. The second kappa shape index (κ2) is 7.55. The molecule has 0 radical (unpaired) electrons. The van der Waals surface area contributed by atoms with Gasteiger partial charge < -0.3 is 5.32 Å². The summed E-state index contributed by atoms with van der Waals surface area (Å²) < 4.78 is 0. The molecule has 0 saturated carbocycles. The maximum absolute atomic E-state index is 12.9. The highest BCUT2D eigenvalue weighted by Gasteiger charge is 2.48. The fraction of sp³-hybridized carbons (Fsp3) is 0.227. The largest absolute Gasteiger partial charge is 0.322 e. The van der Waals surface area contributed by atoms with Crippen LogP contribution in [0.3, 0.4) is 0 Å². The minimum absolute atomic E-state index is 0.138. The number of nitrogens with one attached hydrogen (secondary N) is 1. The Morgan fingerprint density at radius 1 is 1.10 bits per heavy atom. The van der Waals surface area contributed by atoms with Crippen molar-refractivity contribution in [1.82, 2.24) is 0 Å². The molecule has 30 heavy (non-hydrogen) atoms. The molecule has 1 aliphatic carbocycles. The number of non-ortho nitro benzene ring substituents is 1. The number of nitro benzene ring substituents is 1. The third-order valence-corrected chi connectivity index (χ3v) is 5.50. The predicted molar refractivity (Wildman–Crippen MR) is 110 cm³/mol. The van der Waals surface area contributed by atoms with Crippen molar-refractivity contribution in [1.29, 1.82) is 0 Å². The summed E-state index contributed by atoms with van der Waals surface area (Å²) in [6.45, 7) is 1.95. The van der Waals surface area contributed by atoms with Crippen LogP contribution in [0.15, 0.2) is 60.2 Å². The SMILES string of the molecule is CC1=CC[C@H]2C(=O)N(c3cccc(C(=O)Nc4cccc([N+](=O)[O-])c4)c3)C(=O)[C@H]2C1. The van der Waals surface area contributed by atoms with Crippen LogP contribution in [0.5, 0.6) is 0 Å². The number of nitrogens with zero attached hydrogens (tertiary/aromatic N) is 2. The first-order valence-electron chi connectivity index (χ1n) is 9.54. The van der Waals surface area contributed by atoms with Crippen LogP contribution < -0.4 is 10.2 Å². The first-order chi connectivity index (χ1) is 14.3. The predicted octanol–water partition coefficient (Wildman–Crippen LogP) is 3.69. The fourth-order valence-electron chi connectivity index (χ4n) is 3.98. The number of rotatable bonds is 4. The highest BCUT2D eigenvalue weighted by Crippen LogP contribution is 2.39. The van der Waals surface area contributed by atoms with Gasteiger partial charge in [-0.25, -0.2) is 0 Å². The Hall–Kier alpha value is -3.81. The number of allylic oxidation sites excluding steroid dienone is 2. The topological polar surface area (TPSA) is 110 Å². The Kier molecular flexibility index (Phi) is 4.91. The van der Waals surface area contributed by atoms with Gasteiger partial charge in [-0.05, 0) is 44.0 Å². The van der Waals surface area contributed by atoms with Crippen molar-refractivity contribution < 1.29 is 19.3 Å². The number of fused-ring (bicyclic) bond motifs is 1. The van der Waals surface area contributed by atoms with Crippen molar-refractivity contribution in [2.75, 3.05) is 10.2 Å². The number of imide groups is 1. The molecule has 2 atom stereocenters. The Morgan fingerprint density at radius 3 is 2.60 bits per heavy atom. The number of carbonyl (C=O) groups is 3. The molecule has 2 aliphatic rings. The van der Waals surface area contributed by atoms with Gasteiger partial charge in [-0.3, -0.25) is 29.4 Å². The van der Waals surface area contributed by atoms with Crippen LogP contribution >= 0.6 is 0 Å². The van der Waals surface area contributed by atoms with Gasteiger partial charge in [0.2, 0.25) is 11.8 Å². The maximum atomic E-state index is 12.9. The van der Waals surface area contributed by atoms with Crippen molar-refractivity contribution >= 4 is 34.8 Å². The number of hydrogen-bond acceptors (Lipinski definition) is 5. The zero-order chi connectivity index (χ0) is 21.4. The van der Waals surface area contributed by atoms with Crippen LogP contribution in [-0.2, 0) is 9.59 Å². The van der Waals surface area contributed by atoms with Gasteiger partial charge in [-0.2, -0.15) is 0 Å². The highest BCUT2D eigenvalue weighted by molar-refractivity contribution is 6.22. The zero-order valence-electron chi connectivity index (χ0n) is 16.2. The van der Waals surface area contributed by atoms with E-state index in [0.29, 0.717) is 18.5 Å². The van der Waals surface area contributed by atoms with E-state index in [0.717, 1.165) is 5.57 Å². The highest BCUT2D eigenvalue weighted by atomic mass is 16.6. The zero-order valence-corrected chi connectivity index (χ0v) is 16.2. The Labute approximate surface area is 172 Å². The molecule has 1 aliphatic heterocycles. The molecule has 0 unspecified atom stereocenters. The van der Waals surface area contributed by atoms with Gasteiger partial charge in [0.05, 0.1) is 22.4 Å². The average molecular weight is 405 g/mol. The van der Waals surface area contributed by atoms with Crippen molar-refractivity contribution in [3.05, 3.63) is 75.9 Å². The monoisotopic (exact) mass is 405 g/mol. The molecule has 2 aromatic carbocycles. The van der Waals surface area contributed by atoms with Crippen molar-refractivity contribution in [3.8, 4) is 0 Å². The lowest BCUT2D eigenvalue weighted by atomic mass is 9.82. The van der Waals surface area contributed by atoms with Gasteiger partial charge in [0.15, 0.2) is 0 Å². The molecule has 8 nitrogen and oxygen atoms in total. The Balaban J connectivity index is 1.57. The first-order valence-corrected chi connectivity index (χ1v) is 9.54. The molecule has 8 heteroatoms. The molecule has 2 aromatic rings. The molecule has 4 rings (SSSR count). The normalized spacial score (nSPS) is 20.6. The van der Waals surface area contributed by atoms with E-state index in [1.807, 2.05) is 13.0 Å². The van der Waals surface area contributed by atoms with Crippen LogP contribution in [0, 0.1) is 22.0 Å². The van der Waals surface area contributed by atoms with E-state index in [-0.39, 0.29) is 40.6 Å². The van der Waals surface area contributed by atoms with E-state index >= 15 is 0 Å². The van der Waals surface area contributed by atoms with E-state index in [1.165, 1.54) is 29.2 Å². The summed E-state index contributed by atoms with van der Waals surface area (Å²) in [6, 6.07) is 11.9. The molecule has 1 heterocycles. The van der Waals surface area contributed by atoms with Crippen LogP contribution in [0.25, 0.3) is 0 Å². The van der Waals surface area contributed by atoms with Crippen molar-refractivity contribution in [3.63, 3.8) is 0 Å². The van der Waals surface area contributed by atoms with Crippen LogP contribution in [0.4, 0.5) is 17.1 Å². The summed E-state index contributed by atoms with van der Waals surface area (Å²) in [7, 11) is 0. The van der Waals surface area contributed by atoms with E-state index in [2.05, 4.69) is 5.32 Å². The van der Waals surface area contributed by atoms with E-state index in [4.69, 9.17) is 0 Å². The van der Waals surface area contributed by atoms with Crippen molar-refractivity contribution in [2.24, 2.45) is 11.8 Å². The number of hydrogen-bond donors (Lipinski definition) is 1. The number of amides is 3. The molecule has 0 aromatic heterocycles. The molecular weight excluding hydrogens is 386 g/mol. The minimum atomic E-state index is -0.545. The van der Waals surface area contributed by atoms with Crippen LogP contribution in [-0.4, -0.2) is 22.6 Å². The van der Waals surface area contributed by atoms with Crippen LogP contribution in [0.2, 0.25) is 0 Å². The summed E-state index contributed by atoms with van der Waals surface area (Å²) in [5.41, 5.74) is 1.83. The fourth-order valence-corrected chi connectivity index (χ4v) is 3.98. The lowest BCUT2D eigenvalue weighted by molar-refractivity contribution is -0.384. The summed E-state index contributed by atoms with van der Waals surface area (Å²) in [6.07, 6.45) is 3.11. The third-order valence-electron chi connectivity index (χ3n) is 5.50. The molecular formula is C22H19N3O5. The maximum Gasteiger partial charge on any atom is 0.271 e. The van der Waals surface area contributed by atoms with Gasteiger partial charge in [0.1, 0.15) is 0 Å². The summed E-state index contributed by atoms with van der Waals surface area (Å²) in [5.74, 6) is -1.70. The summed E-state index contributed by atoms with van der Waals surface area (Å²) in [4.78, 5) is 49.9. The Morgan fingerprint density at radius 2 is 1.83 bits per heavy atom. The average Bonchev–Trinajstić information content (AvgIpc) is 2.98. The van der Waals surface area contributed by atoms with Gasteiger partial charge in [-0.15, -0.1) is 0 Å². The number of nitro groups is 1. The molecule has 0 spiro atoms. The smallest absolute Gasteiger partial charge is 0.271 e. The second-order valence-electron chi connectivity index (χ2n) is 7.53. The van der Waals surface area contributed by atoms with Gasteiger partial charge in [-0.1, -0.05) is 23.8 Å². The molecule has 1 fully saturated rings. The molecule has 0 bridgehead atoms. The molecule has 1 saturated heterocycles. The van der Waals surface area contributed by atoms with E-state index in [9.17, 15) is 24.5 Å². The van der Waals surface area contributed by atoms with Crippen LogP contribution in [0.1, 0.15) is 30.1 Å². The van der Waals surface area contributed by atoms with E-state index < -0.39 is 10.8 Å². The van der Waals surface area contributed by atoms with Gasteiger partial charge >= 0.3 is 0 Å². The lowest BCUT2D eigenvalue weighted by Crippen LogP contribution is -2.31. The van der Waals surface area contributed by atoms with Gasteiger partial charge in [0, 0.05) is 23.4 Å².